The van der Waals surface area contributed by atoms with Crippen LogP contribution in [-0.4, -0.2) is 39.4 Å². The highest BCUT2D eigenvalue weighted by Gasteiger charge is 2.62. The Bertz CT molecular complexity index is 1080. The lowest BCUT2D eigenvalue weighted by atomic mass is 9.83. The number of hydrogen-bond acceptors (Lipinski definition) is 5. The molecule has 2 aliphatic carbocycles. The molecule has 2 amide bonds. The number of hydrogen-bond donors (Lipinski definition) is 1. The first-order valence-corrected chi connectivity index (χ1v) is 9.55. The van der Waals surface area contributed by atoms with Gasteiger partial charge in [-0.25, -0.2) is 14.4 Å². The number of primary amides is 1. The second kappa shape index (κ2) is 6.08. The zero-order valence-corrected chi connectivity index (χ0v) is 15.5. The minimum absolute atomic E-state index is 0.0223. The summed E-state index contributed by atoms with van der Waals surface area (Å²) in [5.74, 6) is -0.669. The molecule has 7 nitrogen and oxygen atoms in total. The minimum Gasteiger partial charge on any atom is -0.367 e. The van der Waals surface area contributed by atoms with Crippen LogP contribution < -0.4 is 5.73 Å². The molecule has 8 heteroatoms. The molecular formula is C21H18FN5O2. The Morgan fingerprint density at radius 1 is 1.34 bits per heavy atom. The third-order valence-corrected chi connectivity index (χ3v) is 6.18. The number of fused-ring (bicyclic) bond motifs is 2. The monoisotopic (exact) mass is 391 g/mol. The van der Waals surface area contributed by atoms with Gasteiger partial charge in [0.05, 0.1) is 5.56 Å². The highest BCUT2D eigenvalue weighted by atomic mass is 19.1. The molecule has 2 fully saturated rings. The molecule has 0 bridgehead atoms. The molecule has 2 saturated carbocycles. The van der Waals surface area contributed by atoms with E-state index in [4.69, 9.17) is 11.0 Å². The van der Waals surface area contributed by atoms with Crippen molar-refractivity contribution in [3.8, 4) is 6.07 Å². The maximum atomic E-state index is 14.6. The third-order valence-electron chi connectivity index (χ3n) is 6.18. The number of halogens is 1. The zero-order chi connectivity index (χ0) is 20.3. The number of benzene rings is 1. The van der Waals surface area contributed by atoms with E-state index in [2.05, 4.69) is 9.97 Å². The number of amides is 2. The zero-order valence-electron chi connectivity index (χ0n) is 15.5. The number of nitrogens with two attached hydrogens (primary N) is 1. The lowest BCUT2D eigenvalue weighted by Gasteiger charge is -2.38. The Balaban J connectivity index is 1.57. The van der Waals surface area contributed by atoms with E-state index in [0.29, 0.717) is 17.9 Å². The summed E-state index contributed by atoms with van der Waals surface area (Å²) in [6.07, 6.45) is 4.00. The molecule has 2 aromatic rings. The molecular weight excluding hydrogens is 373 g/mol. The molecule has 3 aliphatic rings. The molecule has 146 valence electrons. The average Bonchev–Trinajstić information content (AvgIpc) is 3.64. The summed E-state index contributed by atoms with van der Waals surface area (Å²) < 4.78 is 14.6. The van der Waals surface area contributed by atoms with Crippen LogP contribution in [0.3, 0.4) is 0 Å². The fraction of sp³-hybridized carbons (Fsp3) is 0.381. The summed E-state index contributed by atoms with van der Waals surface area (Å²) in [5.41, 5.74) is 7.29. The molecule has 0 saturated heterocycles. The predicted octanol–water partition coefficient (Wildman–Crippen LogP) is 1.89. The van der Waals surface area contributed by atoms with Crippen LogP contribution in [0.4, 0.5) is 4.39 Å². The molecule has 2 N–H and O–H groups in total. The lowest BCUT2D eigenvalue weighted by Crippen LogP contribution is -2.50. The smallest absolute Gasteiger partial charge is 0.255 e. The number of aromatic nitrogens is 2. The van der Waals surface area contributed by atoms with Gasteiger partial charge < -0.3 is 10.6 Å². The van der Waals surface area contributed by atoms with Gasteiger partial charge in [0.15, 0.2) is 11.9 Å². The van der Waals surface area contributed by atoms with E-state index in [1.54, 1.807) is 6.07 Å². The van der Waals surface area contributed by atoms with Crippen molar-refractivity contribution in [3.63, 3.8) is 0 Å². The normalized spacial score (nSPS) is 26.0. The lowest BCUT2D eigenvalue weighted by molar-refractivity contribution is -0.123. The van der Waals surface area contributed by atoms with E-state index < -0.39 is 23.5 Å². The van der Waals surface area contributed by atoms with Gasteiger partial charge in [0.25, 0.3) is 5.91 Å². The first-order chi connectivity index (χ1) is 13.9. The fourth-order valence-electron chi connectivity index (χ4n) is 4.32. The van der Waals surface area contributed by atoms with Crippen molar-refractivity contribution in [2.24, 2.45) is 5.73 Å². The van der Waals surface area contributed by atoms with Gasteiger partial charge in [-0.05, 0) is 42.4 Å². The van der Waals surface area contributed by atoms with E-state index in [1.807, 2.05) is 18.2 Å². The Labute approximate surface area is 166 Å². The molecule has 1 aromatic carbocycles. The molecule has 1 aromatic heterocycles. The third kappa shape index (κ3) is 2.69. The number of nitriles is 1. The summed E-state index contributed by atoms with van der Waals surface area (Å²) in [7, 11) is 0. The molecule has 2 heterocycles. The van der Waals surface area contributed by atoms with Crippen LogP contribution >= 0.6 is 0 Å². The van der Waals surface area contributed by atoms with Crippen LogP contribution in [0, 0.1) is 11.3 Å². The topological polar surface area (TPSA) is 113 Å². The standard InChI is InChI=1S/C21H18FN5O2/c22-16-6-21(16)10-27(17(18(24)28)19-25-8-11(7-23)9-26-19)20(29)14-4-3-13(5-15(14)21)12-1-2-12/h3-5,8-9,12,16-17H,1-2,6,10H2,(H2,24,28)/t16-,17?,21-/m1/s1. The first kappa shape index (κ1) is 17.7. The van der Waals surface area contributed by atoms with Gasteiger partial charge in [0.2, 0.25) is 5.91 Å². The summed E-state index contributed by atoms with van der Waals surface area (Å²) >= 11 is 0. The van der Waals surface area contributed by atoms with E-state index >= 15 is 0 Å². The van der Waals surface area contributed by atoms with Gasteiger partial charge in [-0.15, -0.1) is 0 Å². The van der Waals surface area contributed by atoms with Gasteiger partial charge in [0.1, 0.15) is 12.2 Å². The summed E-state index contributed by atoms with van der Waals surface area (Å²) in [4.78, 5) is 34.9. The quantitative estimate of drug-likeness (QED) is 0.855. The second-order valence-corrected chi connectivity index (χ2v) is 8.09. The van der Waals surface area contributed by atoms with Crippen LogP contribution in [0.5, 0.6) is 0 Å². The van der Waals surface area contributed by atoms with Gasteiger partial charge in [-0.1, -0.05) is 12.1 Å². The van der Waals surface area contributed by atoms with Crippen molar-refractivity contribution < 1.29 is 14.0 Å². The summed E-state index contributed by atoms with van der Waals surface area (Å²) in [6, 6.07) is 6.30. The number of nitrogens with zero attached hydrogens (tertiary/aromatic N) is 4. The van der Waals surface area contributed by atoms with Gasteiger partial charge in [-0.2, -0.15) is 5.26 Å². The molecule has 1 spiro atoms. The van der Waals surface area contributed by atoms with Crippen LogP contribution in [-0.2, 0) is 10.2 Å². The minimum atomic E-state index is -1.23. The van der Waals surface area contributed by atoms with E-state index in [9.17, 15) is 14.0 Å². The molecule has 1 unspecified atom stereocenters. The number of carbonyl (C=O) groups excluding carboxylic acids is 2. The van der Waals surface area contributed by atoms with E-state index in [-0.39, 0.29) is 23.8 Å². The average molecular weight is 391 g/mol. The highest BCUT2D eigenvalue weighted by Crippen LogP contribution is 2.56. The molecule has 3 atom stereocenters. The van der Waals surface area contributed by atoms with E-state index in [0.717, 1.165) is 24.0 Å². The number of alkyl halides is 1. The van der Waals surface area contributed by atoms with E-state index in [1.165, 1.54) is 17.3 Å². The summed E-state index contributed by atoms with van der Waals surface area (Å²) in [6.45, 7) is 0.0467. The van der Waals surface area contributed by atoms with Crippen molar-refractivity contribution >= 4 is 11.8 Å². The van der Waals surface area contributed by atoms with Crippen LogP contribution in [0.25, 0.3) is 0 Å². The largest absolute Gasteiger partial charge is 0.367 e. The van der Waals surface area contributed by atoms with Crippen molar-refractivity contribution in [1.82, 2.24) is 14.9 Å². The Morgan fingerprint density at radius 2 is 2.03 bits per heavy atom. The second-order valence-electron chi connectivity index (χ2n) is 8.09. The van der Waals surface area contributed by atoms with Crippen LogP contribution in [0.2, 0.25) is 0 Å². The Morgan fingerprint density at radius 3 is 2.59 bits per heavy atom. The number of carbonyl (C=O) groups is 2. The SMILES string of the molecule is N#Cc1cnc(C(C(N)=O)N2C[C@]3(C[C@H]3F)c3cc(C4CC4)ccc3C2=O)nc1. The Hall–Kier alpha value is -3.34. The van der Waals surface area contributed by atoms with Gasteiger partial charge in [-0.3, -0.25) is 9.59 Å². The van der Waals surface area contributed by atoms with Crippen LogP contribution in [0.1, 0.15) is 64.1 Å². The predicted molar refractivity (Wildman–Crippen MR) is 99.3 cm³/mol. The first-order valence-electron chi connectivity index (χ1n) is 9.55. The van der Waals surface area contributed by atoms with Crippen molar-refractivity contribution in [1.29, 1.82) is 5.26 Å². The highest BCUT2D eigenvalue weighted by molar-refractivity contribution is 6.00. The van der Waals surface area contributed by atoms with Crippen molar-refractivity contribution in [2.75, 3.05) is 6.54 Å². The maximum Gasteiger partial charge on any atom is 0.255 e. The molecule has 5 rings (SSSR count). The Kier molecular flexibility index (Phi) is 3.72. The van der Waals surface area contributed by atoms with Crippen molar-refractivity contribution in [3.05, 3.63) is 58.7 Å². The number of rotatable bonds is 4. The van der Waals surface area contributed by atoms with Gasteiger partial charge in [0, 0.05) is 29.9 Å². The summed E-state index contributed by atoms with van der Waals surface area (Å²) in [5, 5.41) is 8.92. The molecule has 1 aliphatic heterocycles. The molecule has 0 radical (unpaired) electrons. The fourth-order valence-corrected chi connectivity index (χ4v) is 4.32. The van der Waals surface area contributed by atoms with Crippen LogP contribution in [0.15, 0.2) is 30.6 Å². The van der Waals surface area contributed by atoms with Crippen molar-refractivity contribution in [2.45, 2.75) is 42.8 Å². The molecule has 29 heavy (non-hydrogen) atoms. The maximum absolute atomic E-state index is 14.6. The van der Waals surface area contributed by atoms with Gasteiger partial charge >= 0.3 is 0 Å².